The Hall–Kier alpha value is -2.82. The van der Waals surface area contributed by atoms with Crippen LogP contribution in [0, 0.1) is 0 Å². The van der Waals surface area contributed by atoms with Gasteiger partial charge >= 0.3 is 5.97 Å². The highest BCUT2D eigenvalue weighted by Gasteiger charge is 2.07. The van der Waals surface area contributed by atoms with Crippen LogP contribution in [0.25, 0.3) is 0 Å². The van der Waals surface area contributed by atoms with Gasteiger partial charge in [0, 0.05) is 11.1 Å². The Morgan fingerprint density at radius 2 is 1.83 bits per heavy atom. The van der Waals surface area contributed by atoms with Crippen molar-refractivity contribution in [3.05, 3.63) is 59.2 Å². The van der Waals surface area contributed by atoms with Gasteiger partial charge in [-0.2, -0.15) is 0 Å². The standard InChI is InChI=1S/C18H18O5/c1-21-17-8-5-14(11-19)9-15(17)12-23-16-6-3-13(4-7-16)10-18(20)22-2/h3-9,11H,10,12H2,1-2H3. The molecule has 0 radical (unpaired) electrons. The van der Waals surface area contributed by atoms with E-state index in [1.807, 2.05) is 12.1 Å². The molecule has 2 aromatic rings. The Labute approximate surface area is 134 Å². The fraction of sp³-hybridized carbons (Fsp3) is 0.222. The number of hydrogen-bond donors (Lipinski definition) is 0. The number of benzene rings is 2. The number of carbonyl (C=O) groups excluding carboxylic acids is 2. The molecule has 0 aliphatic heterocycles. The highest BCUT2D eigenvalue weighted by Crippen LogP contribution is 2.22. The van der Waals surface area contributed by atoms with Gasteiger partial charge in [-0.25, -0.2) is 0 Å². The lowest BCUT2D eigenvalue weighted by molar-refractivity contribution is -0.139. The minimum Gasteiger partial charge on any atom is -0.496 e. The van der Waals surface area contributed by atoms with Crippen molar-refractivity contribution in [2.24, 2.45) is 0 Å². The van der Waals surface area contributed by atoms with E-state index in [2.05, 4.69) is 4.74 Å². The first-order valence-electron chi connectivity index (χ1n) is 7.07. The van der Waals surface area contributed by atoms with Gasteiger partial charge in [-0.1, -0.05) is 12.1 Å². The molecule has 23 heavy (non-hydrogen) atoms. The Bertz CT molecular complexity index is 676. The molecule has 0 heterocycles. The van der Waals surface area contributed by atoms with Crippen molar-refractivity contribution in [2.45, 2.75) is 13.0 Å². The first kappa shape index (κ1) is 16.5. The average Bonchev–Trinajstić information content (AvgIpc) is 2.60. The molecule has 5 nitrogen and oxygen atoms in total. The van der Waals surface area contributed by atoms with E-state index in [1.54, 1.807) is 37.4 Å². The van der Waals surface area contributed by atoms with Gasteiger partial charge in [0.25, 0.3) is 0 Å². The smallest absolute Gasteiger partial charge is 0.309 e. The number of hydrogen-bond acceptors (Lipinski definition) is 5. The van der Waals surface area contributed by atoms with Gasteiger partial charge in [-0.05, 0) is 35.9 Å². The van der Waals surface area contributed by atoms with Crippen molar-refractivity contribution in [1.29, 1.82) is 0 Å². The van der Waals surface area contributed by atoms with Crippen molar-refractivity contribution >= 4 is 12.3 Å². The van der Waals surface area contributed by atoms with Gasteiger partial charge < -0.3 is 14.2 Å². The lowest BCUT2D eigenvalue weighted by Crippen LogP contribution is -2.04. The highest BCUT2D eigenvalue weighted by molar-refractivity contribution is 5.75. The summed E-state index contributed by atoms with van der Waals surface area (Å²) in [5.41, 5.74) is 2.21. The first-order chi connectivity index (χ1) is 11.2. The molecule has 2 rings (SSSR count). The SMILES string of the molecule is COC(=O)Cc1ccc(OCc2cc(C=O)ccc2OC)cc1. The summed E-state index contributed by atoms with van der Waals surface area (Å²) >= 11 is 0. The number of rotatable bonds is 7. The fourth-order valence-electron chi connectivity index (χ4n) is 2.09. The van der Waals surface area contributed by atoms with E-state index in [0.29, 0.717) is 17.1 Å². The van der Waals surface area contributed by atoms with Crippen LogP contribution in [-0.4, -0.2) is 26.5 Å². The zero-order valence-electron chi connectivity index (χ0n) is 13.1. The minimum atomic E-state index is -0.283. The first-order valence-corrected chi connectivity index (χ1v) is 7.07. The summed E-state index contributed by atoms with van der Waals surface area (Å²) in [6, 6.07) is 12.4. The molecule has 0 saturated heterocycles. The Balaban J connectivity index is 2.03. The van der Waals surface area contributed by atoms with Crippen molar-refractivity contribution in [1.82, 2.24) is 0 Å². The van der Waals surface area contributed by atoms with Gasteiger partial charge in [-0.3, -0.25) is 9.59 Å². The number of esters is 1. The summed E-state index contributed by atoms with van der Waals surface area (Å²) in [5.74, 6) is 1.05. The van der Waals surface area contributed by atoms with Crippen LogP contribution in [0.3, 0.4) is 0 Å². The molecule has 120 valence electrons. The molecule has 0 N–H and O–H groups in total. The van der Waals surface area contributed by atoms with Crippen LogP contribution in [0.1, 0.15) is 21.5 Å². The van der Waals surface area contributed by atoms with Gasteiger partial charge in [0.15, 0.2) is 0 Å². The maximum absolute atomic E-state index is 11.2. The van der Waals surface area contributed by atoms with E-state index in [-0.39, 0.29) is 19.0 Å². The molecule has 0 amide bonds. The lowest BCUT2D eigenvalue weighted by atomic mass is 10.1. The van der Waals surface area contributed by atoms with Gasteiger partial charge in [0.05, 0.1) is 20.6 Å². The highest BCUT2D eigenvalue weighted by atomic mass is 16.5. The van der Waals surface area contributed by atoms with Crippen LogP contribution in [0.15, 0.2) is 42.5 Å². The van der Waals surface area contributed by atoms with E-state index < -0.39 is 0 Å². The molecule has 0 aliphatic rings. The third-order valence-corrected chi connectivity index (χ3v) is 3.33. The number of ether oxygens (including phenoxy) is 3. The summed E-state index contributed by atoms with van der Waals surface area (Å²) in [6.45, 7) is 0.279. The van der Waals surface area contributed by atoms with Crippen molar-refractivity contribution in [3.8, 4) is 11.5 Å². The average molecular weight is 314 g/mol. The van der Waals surface area contributed by atoms with Crippen LogP contribution < -0.4 is 9.47 Å². The molecule has 0 aromatic heterocycles. The van der Waals surface area contributed by atoms with E-state index in [1.165, 1.54) is 7.11 Å². The summed E-state index contributed by atoms with van der Waals surface area (Å²) in [5, 5.41) is 0. The molecular formula is C18H18O5. The van der Waals surface area contributed by atoms with E-state index in [0.717, 1.165) is 17.4 Å². The number of carbonyl (C=O) groups is 2. The lowest BCUT2D eigenvalue weighted by Gasteiger charge is -2.11. The van der Waals surface area contributed by atoms with Crippen LogP contribution in [-0.2, 0) is 22.6 Å². The summed E-state index contributed by atoms with van der Waals surface area (Å²) < 4.78 is 15.6. The predicted octanol–water partition coefficient (Wildman–Crippen LogP) is 2.80. The second-order valence-electron chi connectivity index (χ2n) is 4.87. The number of aldehydes is 1. The summed E-state index contributed by atoms with van der Waals surface area (Å²) in [7, 11) is 2.93. The van der Waals surface area contributed by atoms with E-state index in [4.69, 9.17) is 9.47 Å². The topological polar surface area (TPSA) is 61.8 Å². The third-order valence-electron chi connectivity index (χ3n) is 3.33. The molecule has 0 spiro atoms. The van der Waals surface area contributed by atoms with Crippen LogP contribution in [0.2, 0.25) is 0 Å². The van der Waals surface area contributed by atoms with Crippen LogP contribution in [0.5, 0.6) is 11.5 Å². The molecule has 0 saturated carbocycles. The quantitative estimate of drug-likeness (QED) is 0.581. The summed E-state index contributed by atoms with van der Waals surface area (Å²) in [6.07, 6.45) is 1.01. The van der Waals surface area contributed by atoms with Crippen LogP contribution >= 0.6 is 0 Å². The zero-order chi connectivity index (χ0) is 16.7. The maximum atomic E-state index is 11.2. The summed E-state index contributed by atoms with van der Waals surface area (Å²) in [4.78, 5) is 22.1. The molecule has 0 fully saturated rings. The molecule has 0 atom stereocenters. The minimum absolute atomic E-state index is 0.228. The molecule has 0 unspecified atom stereocenters. The Morgan fingerprint density at radius 3 is 2.43 bits per heavy atom. The monoisotopic (exact) mass is 314 g/mol. The second-order valence-corrected chi connectivity index (χ2v) is 4.87. The molecule has 0 aliphatic carbocycles. The molecular weight excluding hydrogens is 296 g/mol. The largest absolute Gasteiger partial charge is 0.496 e. The van der Waals surface area contributed by atoms with Crippen molar-refractivity contribution < 1.29 is 23.8 Å². The van der Waals surface area contributed by atoms with E-state index >= 15 is 0 Å². The van der Waals surface area contributed by atoms with Crippen LogP contribution in [0.4, 0.5) is 0 Å². The molecule has 5 heteroatoms. The zero-order valence-corrected chi connectivity index (χ0v) is 13.1. The Kier molecular flexibility index (Phi) is 5.74. The van der Waals surface area contributed by atoms with Crippen molar-refractivity contribution in [2.75, 3.05) is 14.2 Å². The van der Waals surface area contributed by atoms with E-state index in [9.17, 15) is 9.59 Å². The normalized spacial score (nSPS) is 10.0. The fourth-order valence-corrected chi connectivity index (χ4v) is 2.09. The Morgan fingerprint density at radius 1 is 1.09 bits per heavy atom. The van der Waals surface area contributed by atoms with Gasteiger partial charge in [0.1, 0.15) is 24.4 Å². The second kappa shape index (κ2) is 7.98. The third kappa shape index (κ3) is 4.57. The maximum Gasteiger partial charge on any atom is 0.309 e. The number of methoxy groups -OCH3 is 2. The molecule has 0 bridgehead atoms. The molecule has 2 aromatic carbocycles. The predicted molar refractivity (Wildman–Crippen MR) is 84.9 cm³/mol. The van der Waals surface area contributed by atoms with Gasteiger partial charge in [0.2, 0.25) is 0 Å². The van der Waals surface area contributed by atoms with Gasteiger partial charge in [-0.15, -0.1) is 0 Å². The van der Waals surface area contributed by atoms with Crippen molar-refractivity contribution in [3.63, 3.8) is 0 Å².